The average Bonchev–Trinajstić information content (AvgIpc) is 3.11. The van der Waals surface area contributed by atoms with Crippen molar-refractivity contribution in [3.63, 3.8) is 0 Å². The van der Waals surface area contributed by atoms with Crippen molar-refractivity contribution in [2.75, 3.05) is 25.3 Å². The van der Waals surface area contributed by atoms with Gasteiger partial charge in [0.1, 0.15) is 6.04 Å². The molecule has 1 unspecified atom stereocenters. The van der Waals surface area contributed by atoms with Gasteiger partial charge in [-0.1, -0.05) is 32.5 Å². The lowest BCUT2D eigenvalue weighted by Crippen LogP contribution is -2.36. The molecule has 1 aromatic carbocycles. The van der Waals surface area contributed by atoms with Crippen LogP contribution in [0.5, 0.6) is 11.5 Å². The highest BCUT2D eigenvalue weighted by Gasteiger charge is 2.42. The maximum Gasteiger partial charge on any atom is 0.227 e. The molecule has 1 aromatic heterocycles. The molecule has 1 aliphatic heterocycles. The number of nitrogens with one attached hydrogen (secondary N) is 1. The summed E-state index contributed by atoms with van der Waals surface area (Å²) in [4.78, 5) is 18.1. The summed E-state index contributed by atoms with van der Waals surface area (Å²) in [6, 6.07) is 3.51. The summed E-state index contributed by atoms with van der Waals surface area (Å²) in [6.07, 6.45) is 2.32. The highest BCUT2D eigenvalue weighted by Crippen LogP contribution is 2.47. The molecule has 4 rings (SSSR count). The fraction of sp³-hybridized carbons (Fsp3) is 0.500. The fourth-order valence-electron chi connectivity index (χ4n) is 4.25. The van der Waals surface area contributed by atoms with Gasteiger partial charge in [-0.15, -0.1) is 5.10 Å². The molecule has 0 bridgehead atoms. The monoisotopic (exact) mass is 506 g/mol. The van der Waals surface area contributed by atoms with E-state index >= 15 is 0 Å². The van der Waals surface area contributed by atoms with E-state index in [1.165, 1.54) is 0 Å². The van der Waals surface area contributed by atoms with Crippen molar-refractivity contribution < 1.29 is 14.3 Å². The second-order valence-corrected chi connectivity index (χ2v) is 10.5. The van der Waals surface area contributed by atoms with Gasteiger partial charge in [0.05, 0.1) is 18.7 Å². The Labute approximate surface area is 195 Å². The number of halogens is 1. The van der Waals surface area contributed by atoms with Crippen LogP contribution in [0.2, 0.25) is 0 Å². The number of carbonyl (C=O) groups is 1. The summed E-state index contributed by atoms with van der Waals surface area (Å²) >= 11 is 5.22. The SMILES string of the molecule is CCCSc1nc2n(n1)C(c1cc(Br)c(OC)c(OC)c1)C1=C(CC(C)(C)CC1=O)N2. The Balaban J connectivity index is 1.89. The number of thioether (sulfide) groups is 1. The van der Waals surface area contributed by atoms with E-state index in [9.17, 15) is 4.79 Å². The molecule has 2 heterocycles. The number of anilines is 1. The molecule has 0 amide bonds. The van der Waals surface area contributed by atoms with Crippen LogP contribution < -0.4 is 14.8 Å². The van der Waals surface area contributed by atoms with Gasteiger partial charge in [-0.05, 0) is 51.9 Å². The Kier molecular flexibility index (Phi) is 6.09. The average molecular weight is 507 g/mol. The molecule has 0 saturated carbocycles. The number of allylic oxidation sites excluding steroid dienone is 2. The zero-order valence-electron chi connectivity index (χ0n) is 18.4. The van der Waals surface area contributed by atoms with Crippen molar-refractivity contribution in [2.45, 2.75) is 51.2 Å². The zero-order valence-corrected chi connectivity index (χ0v) is 20.8. The van der Waals surface area contributed by atoms with E-state index in [2.05, 4.69) is 42.0 Å². The first-order chi connectivity index (χ1) is 14.8. The Morgan fingerprint density at radius 2 is 2.06 bits per heavy atom. The summed E-state index contributed by atoms with van der Waals surface area (Å²) in [6.45, 7) is 6.38. The van der Waals surface area contributed by atoms with Crippen molar-refractivity contribution >= 4 is 39.4 Å². The maximum atomic E-state index is 13.3. The number of rotatable bonds is 6. The lowest BCUT2D eigenvalue weighted by molar-refractivity contribution is -0.118. The van der Waals surface area contributed by atoms with E-state index in [4.69, 9.17) is 19.6 Å². The van der Waals surface area contributed by atoms with Crippen LogP contribution in [-0.4, -0.2) is 40.5 Å². The summed E-state index contributed by atoms with van der Waals surface area (Å²) in [5, 5.41) is 8.89. The van der Waals surface area contributed by atoms with E-state index in [0.29, 0.717) is 29.0 Å². The molecule has 1 atom stereocenters. The third kappa shape index (κ3) is 4.09. The number of nitrogens with zero attached hydrogens (tertiary/aromatic N) is 3. The molecular formula is C22H27BrN4O3S. The summed E-state index contributed by atoms with van der Waals surface area (Å²) < 4.78 is 13.6. The topological polar surface area (TPSA) is 78.3 Å². The molecule has 7 nitrogen and oxygen atoms in total. The third-order valence-electron chi connectivity index (χ3n) is 5.52. The summed E-state index contributed by atoms with van der Waals surface area (Å²) in [7, 11) is 3.21. The summed E-state index contributed by atoms with van der Waals surface area (Å²) in [5.74, 6) is 2.95. The van der Waals surface area contributed by atoms with Crippen LogP contribution in [-0.2, 0) is 4.79 Å². The van der Waals surface area contributed by atoms with Crippen LogP contribution in [0, 0.1) is 5.41 Å². The van der Waals surface area contributed by atoms with Crippen LogP contribution in [0.15, 0.2) is 33.0 Å². The first kappa shape index (κ1) is 22.2. The zero-order chi connectivity index (χ0) is 22.3. The molecular weight excluding hydrogens is 480 g/mol. The second-order valence-electron chi connectivity index (χ2n) is 8.61. The Morgan fingerprint density at radius 3 is 2.74 bits per heavy atom. The van der Waals surface area contributed by atoms with E-state index in [1.807, 2.05) is 16.8 Å². The van der Waals surface area contributed by atoms with E-state index in [-0.39, 0.29) is 17.2 Å². The molecule has 2 aromatic rings. The molecule has 0 saturated heterocycles. The Hall–Kier alpha value is -2.00. The largest absolute Gasteiger partial charge is 0.493 e. The quantitative estimate of drug-likeness (QED) is 0.538. The van der Waals surface area contributed by atoms with E-state index < -0.39 is 0 Å². The van der Waals surface area contributed by atoms with Gasteiger partial charge in [0, 0.05) is 23.4 Å². The fourth-order valence-corrected chi connectivity index (χ4v) is 5.55. The predicted molar refractivity (Wildman–Crippen MR) is 125 cm³/mol. The first-order valence-electron chi connectivity index (χ1n) is 10.3. The molecule has 2 aliphatic rings. The molecule has 0 radical (unpaired) electrons. The van der Waals surface area contributed by atoms with Gasteiger partial charge in [-0.2, -0.15) is 4.98 Å². The Morgan fingerprint density at radius 1 is 1.29 bits per heavy atom. The highest BCUT2D eigenvalue weighted by molar-refractivity contribution is 9.10. The van der Waals surface area contributed by atoms with Crippen LogP contribution in [0.25, 0.3) is 0 Å². The minimum atomic E-state index is -0.380. The number of ether oxygens (including phenoxy) is 2. The molecule has 31 heavy (non-hydrogen) atoms. The first-order valence-corrected chi connectivity index (χ1v) is 12.1. The number of fused-ring (bicyclic) bond motifs is 1. The lowest BCUT2D eigenvalue weighted by Gasteiger charge is -2.38. The number of hydrogen-bond donors (Lipinski definition) is 1. The molecule has 9 heteroatoms. The maximum absolute atomic E-state index is 13.3. The van der Waals surface area contributed by atoms with E-state index in [1.54, 1.807) is 26.0 Å². The normalized spacial score (nSPS) is 19.5. The van der Waals surface area contributed by atoms with Crippen molar-refractivity contribution in [3.8, 4) is 11.5 Å². The summed E-state index contributed by atoms with van der Waals surface area (Å²) in [5.41, 5.74) is 2.48. The van der Waals surface area contributed by atoms with Crippen LogP contribution in [0.3, 0.4) is 0 Å². The predicted octanol–water partition coefficient (Wildman–Crippen LogP) is 5.22. The van der Waals surface area contributed by atoms with Crippen LogP contribution in [0.4, 0.5) is 5.95 Å². The molecule has 0 fully saturated rings. The van der Waals surface area contributed by atoms with Gasteiger partial charge >= 0.3 is 0 Å². The number of benzene rings is 1. The van der Waals surface area contributed by atoms with Gasteiger partial charge in [-0.3, -0.25) is 4.79 Å². The molecule has 1 N–H and O–H groups in total. The standard InChI is InChI=1S/C22H27BrN4O3S/c1-6-7-31-21-25-20-24-14-10-22(2,3)11-15(28)17(14)18(27(20)26-21)12-8-13(23)19(30-5)16(9-12)29-4/h8-9,18H,6-7,10-11H2,1-5H3,(H,24,25,26). The third-order valence-corrected chi connectivity index (χ3v) is 7.15. The van der Waals surface area contributed by atoms with E-state index in [0.717, 1.165) is 39.9 Å². The van der Waals surface area contributed by atoms with Gasteiger partial charge in [-0.25, -0.2) is 4.68 Å². The number of methoxy groups -OCH3 is 2. The minimum Gasteiger partial charge on any atom is -0.493 e. The van der Waals surface area contributed by atoms with Crippen LogP contribution in [0.1, 0.15) is 51.6 Å². The number of ketones is 1. The van der Waals surface area contributed by atoms with Crippen molar-refractivity contribution in [3.05, 3.63) is 33.4 Å². The Bertz CT molecular complexity index is 1060. The van der Waals surface area contributed by atoms with Crippen molar-refractivity contribution in [1.29, 1.82) is 0 Å². The second kappa shape index (κ2) is 8.50. The van der Waals surface area contributed by atoms with Crippen molar-refractivity contribution in [1.82, 2.24) is 14.8 Å². The number of carbonyl (C=O) groups excluding carboxylic acids is 1. The molecule has 0 spiro atoms. The van der Waals surface area contributed by atoms with Gasteiger partial charge in [0.2, 0.25) is 11.1 Å². The lowest BCUT2D eigenvalue weighted by atomic mass is 9.73. The number of hydrogen-bond acceptors (Lipinski definition) is 7. The number of aromatic nitrogens is 3. The highest BCUT2D eigenvalue weighted by atomic mass is 79.9. The van der Waals surface area contributed by atoms with Gasteiger partial charge in [0.15, 0.2) is 17.3 Å². The van der Waals surface area contributed by atoms with Crippen molar-refractivity contribution in [2.24, 2.45) is 5.41 Å². The van der Waals surface area contributed by atoms with Crippen LogP contribution >= 0.6 is 27.7 Å². The van der Waals surface area contributed by atoms with Gasteiger partial charge in [0.25, 0.3) is 0 Å². The smallest absolute Gasteiger partial charge is 0.227 e. The molecule has 1 aliphatic carbocycles. The number of Topliss-reactive ketones (excluding diaryl/α,β-unsaturated/α-hetero) is 1. The molecule has 166 valence electrons. The minimum absolute atomic E-state index is 0.104. The van der Waals surface area contributed by atoms with Gasteiger partial charge < -0.3 is 14.8 Å².